The van der Waals surface area contributed by atoms with Gasteiger partial charge in [-0.3, -0.25) is 0 Å². The molecule has 96 valence electrons. The van der Waals surface area contributed by atoms with Crippen molar-refractivity contribution in [2.75, 3.05) is 13.1 Å². The van der Waals surface area contributed by atoms with Crippen LogP contribution < -0.4 is 10.6 Å². The van der Waals surface area contributed by atoms with Crippen LogP contribution in [0.3, 0.4) is 0 Å². The van der Waals surface area contributed by atoms with Gasteiger partial charge in [-0.15, -0.1) is 0 Å². The van der Waals surface area contributed by atoms with Crippen molar-refractivity contribution >= 4 is 0 Å². The van der Waals surface area contributed by atoms with Crippen molar-refractivity contribution in [3.8, 4) is 0 Å². The van der Waals surface area contributed by atoms with E-state index in [0.717, 1.165) is 12.6 Å². The summed E-state index contributed by atoms with van der Waals surface area (Å²) in [5.74, 6) is 0. The van der Waals surface area contributed by atoms with E-state index in [4.69, 9.17) is 0 Å². The first-order chi connectivity index (χ1) is 7.70. The van der Waals surface area contributed by atoms with Crippen molar-refractivity contribution in [3.63, 3.8) is 0 Å². The topological polar surface area (TPSA) is 24.1 Å². The van der Waals surface area contributed by atoms with E-state index in [1.807, 2.05) is 0 Å². The lowest BCUT2D eigenvalue weighted by Crippen LogP contribution is -2.47. The van der Waals surface area contributed by atoms with Crippen molar-refractivity contribution in [2.24, 2.45) is 0 Å². The fourth-order valence-corrected chi connectivity index (χ4v) is 2.72. The highest BCUT2D eigenvalue weighted by Gasteiger charge is 2.24. The lowest BCUT2D eigenvalue weighted by molar-refractivity contribution is 0.286. The lowest BCUT2D eigenvalue weighted by Gasteiger charge is -2.32. The molecule has 2 N–H and O–H groups in total. The normalized spacial score (nSPS) is 24.6. The summed E-state index contributed by atoms with van der Waals surface area (Å²) in [7, 11) is 0. The Kier molecular flexibility index (Phi) is 6.37. The van der Waals surface area contributed by atoms with Crippen LogP contribution in [0.1, 0.15) is 65.7 Å². The van der Waals surface area contributed by atoms with Crippen molar-refractivity contribution in [2.45, 2.75) is 77.3 Å². The van der Waals surface area contributed by atoms with Crippen LogP contribution in [-0.4, -0.2) is 24.7 Å². The van der Waals surface area contributed by atoms with Crippen molar-refractivity contribution in [1.29, 1.82) is 0 Å². The fourth-order valence-electron chi connectivity index (χ4n) is 2.72. The molecule has 1 aliphatic heterocycles. The van der Waals surface area contributed by atoms with E-state index in [1.54, 1.807) is 0 Å². The SMILES string of the molecule is CCCCC(C)(CCC)NCC1CCCN1. The van der Waals surface area contributed by atoms with E-state index in [2.05, 4.69) is 31.4 Å². The number of rotatable bonds is 8. The molecule has 0 amide bonds. The van der Waals surface area contributed by atoms with E-state index in [-0.39, 0.29) is 0 Å². The number of nitrogens with one attached hydrogen (secondary N) is 2. The van der Waals surface area contributed by atoms with Gasteiger partial charge in [0.2, 0.25) is 0 Å². The van der Waals surface area contributed by atoms with Crippen LogP contribution in [0.2, 0.25) is 0 Å². The predicted molar refractivity (Wildman–Crippen MR) is 71.9 cm³/mol. The molecule has 0 radical (unpaired) electrons. The van der Waals surface area contributed by atoms with Gasteiger partial charge in [0.25, 0.3) is 0 Å². The molecule has 0 bridgehead atoms. The maximum absolute atomic E-state index is 3.81. The molecule has 0 aromatic carbocycles. The van der Waals surface area contributed by atoms with Gasteiger partial charge in [0.1, 0.15) is 0 Å². The molecule has 1 aliphatic rings. The van der Waals surface area contributed by atoms with E-state index >= 15 is 0 Å². The van der Waals surface area contributed by atoms with Gasteiger partial charge in [-0.2, -0.15) is 0 Å². The van der Waals surface area contributed by atoms with E-state index in [0.29, 0.717) is 5.54 Å². The number of hydrogen-bond acceptors (Lipinski definition) is 2. The van der Waals surface area contributed by atoms with Crippen LogP contribution in [-0.2, 0) is 0 Å². The largest absolute Gasteiger partial charge is 0.313 e. The minimum atomic E-state index is 0.370. The maximum Gasteiger partial charge on any atom is 0.0193 e. The van der Waals surface area contributed by atoms with Crippen LogP contribution in [0.5, 0.6) is 0 Å². The summed E-state index contributed by atoms with van der Waals surface area (Å²) < 4.78 is 0. The Morgan fingerprint density at radius 1 is 1.25 bits per heavy atom. The Bertz CT molecular complexity index is 176. The quantitative estimate of drug-likeness (QED) is 0.664. The molecule has 0 aromatic rings. The van der Waals surface area contributed by atoms with Gasteiger partial charge in [-0.25, -0.2) is 0 Å². The first-order valence-electron chi connectivity index (χ1n) is 7.18. The van der Waals surface area contributed by atoms with E-state index < -0.39 is 0 Å². The maximum atomic E-state index is 3.81. The summed E-state index contributed by atoms with van der Waals surface area (Å²) in [6, 6.07) is 0.720. The summed E-state index contributed by atoms with van der Waals surface area (Å²) in [6.07, 6.45) is 9.27. The molecule has 2 atom stereocenters. The highest BCUT2D eigenvalue weighted by Crippen LogP contribution is 2.20. The molecule has 0 spiro atoms. The van der Waals surface area contributed by atoms with E-state index in [9.17, 15) is 0 Å². The zero-order valence-corrected chi connectivity index (χ0v) is 11.4. The average Bonchev–Trinajstić information content (AvgIpc) is 2.77. The minimum absolute atomic E-state index is 0.370. The molecular weight excluding hydrogens is 196 g/mol. The summed E-state index contributed by atoms with van der Waals surface area (Å²) in [4.78, 5) is 0. The molecule has 1 saturated heterocycles. The third-order valence-electron chi connectivity index (χ3n) is 3.82. The van der Waals surface area contributed by atoms with Gasteiger partial charge in [0.15, 0.2) is 0 Å². The second-order valence-corrected chi connectivity index (χ2v) is 5.59. The standard InChI is InChI=1S/C14H30N2/c1-4-6-10-14(3,9-5-2)16-12-13-8-7-11-15-13/h13,15-16H,4-12H2,1-3H3. The Balaban J connectivity index is 2.29. The van der Waals surface area contributed by atoms with Gasteiger partial charge in [-0.05, 0) is 39.2 Å². The Labute approximate surface area is 102 Å². The molecule has 0 saturated carbocycles. The third-order valence-corrected chi connectivity index (χ3v) is 3.82. The molecule has 1 rings (SSSR count). The highest BCUT2D eigenvalue weighted by atomic mass is 15.0. The van der Waals surface area contributed by atoms with Crippen molar-refractivity contribution in [1.82, 2.24) is 10.6 Å². The smallest absolute Gasteiger partial charge is 0.0193 e. The number of unbranched alkanes of at least 4 members (excludes halogenated alkanes) is 1. The predicted octanol–water partition coefficient (Wildman–Crippen LogP) is 3.08. The summed E-state index contributed by atoms with van der Waals surface area (Å²) >= 11 is 0. The number of hydrogen-bond donors (Lipinski definition) is 2. The van der Waals surface area contributed by atoms with E-state index in [1.165, 1.54) is 51.5 Å². The fraction of sp³-hybridized carbons (Fsp3) is 1.00. The minimum Gasteiger partial charge on any atom is -0.313 e. The summed E-state index contributed by atoms with van der Waals surface area (Å²) in [5, 5.41) is 7.38. The van der Waals surface area contributed by atoms with Crippen LogP contribution >= 0.6 is 0 Å². The van der Waals surface area contributed by atoms with Crippen LogP contribution in [0, 0.1) is 0 Å². The Morgan fingerprint density at radius 2 is 2.06 bits per heavy atom. The third kappa shape index (κ3) is 4.84. The Morgan fingerprint density at radius 3 is 2.62 bits per heavy atom. The van der Waals surface area contributed by atoms with Gasteiger partial charge in [0, 0.05) is 18.1 Å². The molecule has 0 aromatic heterocycles. The molecule has 16 heavy (non-hydrogen) atoms. The van der Waals surface area contributed by atoms with Crippen LogP contribution in [0.4, 0.5) is 0 Å². The first-order valence-corrected chi connectivity index (χ1v) is 7.18. The summed E-state index contributed by atoms with van der Waals surface area (Å²) in [6.45, 7) is 9.34. The van der Waals surface area contributed by atoms with Gasteiger partial charge in [0.05, 0.1) is 0 Å². The zero-order valence-electron chi connectivity index (χ0n) is 11.4. The van der Waals surface area contributed by atoms with Crippen LogP contribution in [0.25, 0.3) is 0 Å². The molecule has 1 fully saturated rings. The molecule has 2 unspecified atom stereocenters. The molecule has 0 aliphatic carbocycles. The monoisotopic (exact) mass is 226 g/mol. The molecule has 2 heteroatoms. The Hall–Kier alpha value is -0.0800. The zero-order chi connectivity index (χ0) is 11.9. The average molecular weight is 226 g/mol. The molecule has 1 heterocycles. The first kappa shape index (κ1) is 14.0. The second-order valence-electron chi connectivity index (χ2n) is 5.59. The highest BCUT2D eigenvalue weighted by molar-refractivity contribution is 4.86. The van der Waals surface area contributed by atoms with Crippen molar-refractivity contribution in [3.05, 3.63) is 0 Å². The van der Waals surface area contributed by atoms with Crippen molar-refractivity contribution < 1.29 is 0 Å². The van der Waals surface area contributed by atoms with Gasteiger partial charge >= 0.3 is 0 Å². The second kappa shape index (κ2) is 7.29. The van der Waals surface area contributed by atoms with Crippen LogP contribution in [0.15, 0.2) is 0 Å². The molecular formula is C14H30N2. The van der Waals surface area contributed by atoms with Gasteiger partial charge in [-0.1, -0.05) is 33.1 Å². The molecule has 2 nitrogen and oxygen atoms in total. The van der Waals surface area contributed by atoms with Gasteiger partial charge < -0.3 is 10.6 Å². The summed E-state index contributed by atoms with van der Waals surface area (Å²) in [5.41, 5.74) is 0.370. The lowest BCUT2D eigenvalue weighted by atomic mass is 9.89.